The van der Waals surface area contributed by atoms with E-state index < -0.39 is 0 Å². The predicted molar refractivity (Wildman–Crippen MR) is 93.5 cm³/mol. The topological polar surface area (TPSA) is 32.7 Å². The number of carbonyl (C=O) groups excluding carboxylic acids is 1. The van der Waals surface area contributed by atoms with Crippen molar-refractivity contribution in [1.82, 2.24) is 4.90 Å². The molecule has 1 aromatic carbocycles. The minimum absolute atomic E-state index is 0.0413. The Hall–Kier alpha value is -2.64. The molecule has 1 amide bonds. The molecule has 1 aromatic heterocycles. The van der Waals surface area contributed by atoms with Gasteiger partial charge in [0.15, 0.2) is 0 Å². The van der Waals surface area contributed by atoms with E-state index in [-0.39, 0.29) is 12.5 Å². The first kappa shape index (κ1) is 14.0. The number of rotatable bonds is 1. The highest BCUT2D eigenvalue weighted by Crippen LogP contribution is 2.32. The first-order chi connectivity index (χ1) is 11.3. The Bertz CT molecular complexity index is 885. The van der Waals surface area contributed by atoms with Gasteiger partial charge in [0.25, 0.3) is 0 Å². The van der Waals surface area contributed by atoms with Gasteiger partial charge in [0.2, 0.25) is 5.91 Å². The maximum atomic E-state index is 12.5. The molecule has 0 radical (unpaired) electrons. The van der Waals surface area contributed by atoms with Crippen LogP contribution in [0.15, 0.2) is 46.8 Å². The lowest BCUT2D eigenvalue weighted by Crippen LogP contribution is -2.36. The molecule has 3 heterocycles. The molecule has 2 aromatic rings. The third-order valence-electron chi connectivity index (χ3n) is 4.22. The smallest absolute Gasteiger partial charge is 0.248 e. The van der Waals surface area contributed by atoms with Gasteiger partial charge in [-0.1, -0.05) is 24.1 Å². The highest BCUT2D eigenvalue weighted by atomic mass is 32.1. The molecular formula is C19H14N2OS. The molecule has 0 bridgehead atoms. The number of thiophene rings is 1. The number of allylic oxidation sites excluding steroid dienone is 1. The van der Waals surface area contributed by atoms with Crippen LogP contribution in [-0.2, 0) is 11.2 Å². The number of nitrogens with zero attached hydrogens (tertiary/aromatic N) is 2. The van der Waals surface area contributed by atoms with Crippen LogP contribution in [0.3, 0.4) is 0 Å². The van der Waals surface area contributed by atoms with Gasteiger partial charge in [0.05, 0.1) is 16.3 Å². The average molecular weight is 318 g/mol. The molecule has 0 atom stereocenters. The molecule has 23 heavy (non-hydrogen) atoms. The first-order valence-electron chi connectivity index (χ1n) is 7.47. The summed E-state index contributed by atoms with van der Waals surface area (Å²) in [6, 6.07) is 9.98. The SMILES string of the molecule is C#Cc1cccc2c1CCN1C(=O)CN=C(c3cccs3)C=C21. The summed E-state index contributed by atoms with van der Waals surface area (Å²) in [7, 11) is 0. The normalized spacial score (nSPS) is 16.7. The van der Waals surface area contributed by atoms with Crippen molar-refractivity contribution in [2.75, 3.05) is 13.1 Å². The molecule has 0 fully saturated rings. The summed E-state index contributed by atoms with van der Waals surface area (Å²) < 4.78 is 0. The molecule has 4 heteroatoms. The Morgan fingerprint density at radius 3 is 2.96 bits per heavy atom. The summed E-state index contributed by atoms with van der Waals surface area (Å²) >= 11 is 1.63. The Morgan fingerprint density at radius 2 is 2.17 bits per heavy atom. The minimum Gasteiger partial charge on any atom is -0.310 e. The molecule has 112 valence electrons. The average Bonchev–Trinajstić information content (AvgIpc) is 3.06. The zero-order chi connectivity index (χ0) is 15.8. The van der Waals surface area contributed by atoms with E-state index >= 15 is 0 Å². The van der Waals surface area contributed by atoms with Crippen LogP contribution in [0.4, 0.5) is 0 Å². The molecule has 0 aliphatic carbocycles. The number of carbonyl (C=O) groups is 1. The largest absolute Gasteiger partial charge is 0.310 e. The fourth-order valence-corrected chi connectivity index (χ4v) is 3.83. The van der Waals surface area contributed by atoms with Crippen LogP contribution in [0.25, 0.3) is 5.70 Å². The third-order valence-corrected chi connectivity index (χ3v) is 5.11. The molecule has 2 aliphatic heterocycles. The van der Waals surface area contributed by atoms with E-state index in [1.807, 2.05) is 46.7 Å². The number of hydrogen-bond acceptors (Lipinski definition) is 3. The molecule has 0 unspecified atom stereocenters. The van der Waals surface area contributed by atoms with Crippen molar-refractivity contribution in [1.29, 1.82) is 0 Å². The Kier molecular flexibility index (Phi) is 3.36. The van der Waals surface area contributed by atoms with Crippen molar-refractivity contribution in [3.8, 4) is 12.3 Å². The summed E-state index contributed by atoms with van der Waals surface area (Å²) in [5.74, 6) is 2.80. The maximum absolute atomic E-state index is 12.5. The zero-order valence-corrected chi connectivity index (χ0v) is 13.3. The molecule has 0 saturated heterocycles. The van der Waals surface area contributed by atoms with Crippen LogP contribution in [-0.4, -0.2) is 29.6 Å². The quantitative estimate of drug-likeness (QED) is 0.744. The number of terminal acetylenes is 1. The summed E-state index contributed by atoms with van der Waals surface area (Å²) in [5.41, 5.74) is 4.89. The van der Waals surface area contributed by atoms with Gasteiger partial charge in [-0.2, -0.15) is 0 Å². The van der Waals surface area contributed by atoms with Crippen molar-refractivity contribution in [3.05, 3.63) is 63.4 Å². The summed E-state index contributed by atoms with van der Waals surface area (Å²) in [6.45, 7) is 0.848. The first-order valence-corrected chi connectivity index (χ1v) is 8.35. The lowest BCUT2D eigenvalue weighted by atomic mass is 9.91. The van der Waals surface area contributed by atoms with Crippen LogP contribution in [0.5, 0.6) is 0 Å². The van der Waals surface area contributed by atoms with Gasteiger partial charge in [0.1, 0.15) is 6.54 Å². The van der Waals surface area contributed by atoms with E-state index in [2.05, 4.69) is 10.9 Å². The monoisotopic (exact) mass is 318 g/mol. The Morgan fingerprint density at radius 1 is 1.26 bits per heavy atom. The number of hydrogen-bond donors (Lipinski definition) is 0. The Labute approximate surface area is 139 Å². The van der Waals surface area contributed by atoms with Crippen LogP contribution in [0.2, 0.25) is 0 Å². The molecule has 4 rings (SSSR count). The zero-order valence-electron chi connectivity index (χ0n) is 12.5. The van der Waals surface area contributed by atoms with Gasteiger partial charge in [-0.15, -0.1) is 17.8 Å². The number of amides is 1. The van der Waals surface area contributed by atoms with Gasteiger partial charge >= 0.3 is 0 Å². The van der Waals surface area contributed by atoms with E-state index in [9.17, 15) is 4.79 Å². The second kappa shape index (κ2) is 5.53. The molecule has 0 N–H and O–H groups in total. The van der Waals surface area contributed by atoms with Gasteiger partial charge < -0.3 is 4.90 Å². The van der Waals surface area contributed by atoms with Gasteiger partial charge in [-0.05, 0) is 35.6 Å². The molecular weight excluding hydrogens is 304 g/mol. The second-order valence-corrected chi connectivity index (χ2v) is 6.43. The third kappa shape index (κ3) is 2.30. The molecule has 0 saturated carbocycles. The van der Waals surface area contributed by atoms with E-state index in [0.717, 1.165) is 39.4 Å². The van der Waals surface area contributed by atoms with E-state index in [0.29, 0.717) is 6.54 Å². The Balaban J connectivity index is 1.90. The number of aliphatic imine (C=N–C) groups is 1. The van der Waals surface area contributed by atoms with Crippen molar-refractivity contribution in [3.63, 3.8) is 0 Å². The lowest BCUT2D eigenvalue weighted by molar-refractivity contribution is -0.126. The van der Waals surface area contributed by atoms with Crippen LogP contribution in [0.1, 0.15) is 21.6 Å². The van der Waals surface area contributed by atoms with Crippen LogP contribution >= 0.6 is 11.3 Å². The summed E-state index contributed by atoms with van der Waals surface area (Å²) in [5, 5.41) is 2.02. The van der Waals surface area contributed by atoms with Gasteiger partial charge in [0, 0.05) is 17.7 Å². The summed E-state index contributed by atoms with van der Waals surface area (Å²) in [6.07, 6.45) is 8.44. The molecule has 0 spiro atoms. The number of benzene rings is 1. The highest BCUT2D eigenvalue weighted by Gasteiger charge is 2.29. The number of fused-ring (bicyclic) bond motifs is 3. The van der Waals surface area contributed by atoms with Crippen molar-refractivity contribution in [2.24, 2.45) is 4.99 Å². The van der Waals surface area contributed by atoms with Crippen molar-refractivity contribution < 1.29 is 4.79 Å². The molecule has 2 aliphatic rings. The fourth-order valence-electron chi connectivity index (χ4n) is 3.12. The standard InChI is InChI=1S/C19H14N2OS/c1-2-13-5-3-6-15-14(13)8-9-21-17(15)11-16(20-12-19(21)22)18-7-4-10-23-18/h1,3-7,10-11H,8-9,12H2. The summed E-state index contributed by atoms with van der Waals surface area (Å²) in [4.78, 5) is 19.9. The van der Waals surface area contributed by atoms with Gasteiger partial charge in [-0.3, -0.25) is 9.79 Å². The highest BCUT2D eigenvalue weighted by molar-refractivity contribution is 7.12. The van der Waals surface area contributed by atoms with Crippen molar-refractivity contribution >= 4 is 28.7 Å². The lowest BCUT2D eigenvalue weighted by Gasteiger charge is -2.31. The van der Waals surface area contributed by atoms with E-state index in [4.69, 9.17) is 6.42 Å². The fraction of sp³-hybridized carbons (Fsp3) is 0.158. The van der Waals surface area contributed by atoms with Crippen LogP contribution < -0.4 is 0 Å². The van der Waals surface area contributed by atoms with E-state index in [1.54, 1.807) is 11.3 Å². The minimum atomic E-state index is 0.0413. The van der Waals surface area contributed by atoms with Crippen molar-refractivity contribution in [2.45, 2.75) is 6.42 Å². The molecule has 3 nitrogen and oxygen atoms in total. The maximum Gasteiger partial charge on any atom is 0.248 e. The van der Waals surface area contributed by atoms with Crippen LogP contribution in [0, 0.1) is 12.3 Å². The second-order valence-electron chi connectivity index (χ2n) is 5.48. The van der Waals surface area contributed by atoms with E-state index in [1.165, 1.54) is 0 Å². The predicted octanol–water partition coefficient (Wildman–Crippen LogP) is 2.96. The van der Waals surface area contributed by atoms with Gasteiger partial charge in [-0.25, -0.2) is 0 Å².